The maximum atomic E-state index is 13.5. The summed E-state index contributed by atoms with van der Waals surface area (Å²) in [5.41, 5.74) is 1.13. The van der Waals surface area contributed by atoms with Crippen LogP contribution in [0.3, 0.4) is 0 Å². The predicted octanol–water partition coefficient (Wildman–Crippen LogP) is 2.82. The van der Waals surface area contributed by atoms with Crippen LogP contribution in [0.25, 0.3) is 0 Å². The number of carbonyl (C=O) groups is 1. The summed E-state index contributed by atoms with van der Waals surface area (Å²) >= 11 is 0. The highest BCUT2D eigenvalue weighted by Crippen LogP contribution is 2.16. The second-order valence-corrected chi connectivity index (χ2v) is 4.53. The fourth-order valence-corrected chi connectivity index (χ4v) is 1.86. The summed E-state index contributed by atoms with van der Waals surface area (Å²) in [7, 11) is 1.79. The van der Waals surface area contributed by atoms with Crippen molar-refractivity contribution in [3.63, 3.8) is 0 Å². The molecule has 0 aliphatic heterocycles. The van der Waals surface area contributed by atoms with Gasteiger partial charge in [0, 0.05) is 25.7 Å². The number of halogens is 2. The molecule has 3 nitrogen and oxygen atoms in total. The molecule has 0 amide bonds. The van der Waals surface area contributed by atoms with Crippen LogP contribution in [0.15, 0.2) is 24.5 Å². The van der Waals surface area contributed by atoms with Crippen LogP contribution in [0.5, 0.6) is 0 Å². The minimum absolute atomic E-state index is 0.0530. The van der Waals surface area contributed by atoms with E-state index in [1.807, 2.05) is 0 Å². The highest BCUT2D eigenvalue weighted by molar-refractivity contribution is 5.96. The monoisotopic (exact) mass is 264 g/mol. The molecule has 5 heteroatoms. The third-order valence-electron chi connectivity index (χ3n) is 2.95. The highest BCUT2D eigenvalue weighted by Gasteiger charge is 2.14. The third kappa shape index (κ3) is 3.05. The summed E-state index contributed by atoms with van der Waals surface area (Å²) in [5, 5.41) is 3.99. The van der Waals surface area contributed by atoms with E-state index in [1.54, 1.807) is 24.1 Å². The number of rotatable bonds is 4. The minimum Gasteiger partial charge on any atom is -0.294 e. The number of hydrogen-bond donors (Lipinski definition) is 0. The number of carbonyl (C=O) groups excluding carboxylic acids is 1. The molecule has 100 valence electrons. The van der Waals surface area contributed by atoms with Gasteiger partial charge < -0.3 is 0 Å². The van der Waals surface area contributed by atoms with Crippen LogP contribution >= 0.6 is 0 Å². The molecule has 0 saturated carbocycles. The first-order chi connectivity index (χ1) is 8.97. The Balaban J connectivity index is 2.10. The summed E-state index contributed by atoms with van der Waals surface area (Å²) in [5.74, 6) is -1.77. The fourth-order valence-electron chi connectivity index (χ4n) is 1.86. The standard InChI is InChI=1S/C14H14F2N2O/c1-9-5-11(13(16)6-12(9)15)14(19)4-3-10-7-17-18(2)8-10/h5-8H,3-4H2,1-2H3. The molecule has 0 saturated heterocycles. The summed E-state index contributed by atoms with van der Waals surface area (Å²) in [6.07, 6.45) is 4.13. The molecule has 1 aromatic carbocycles. The van der Waals surface area contributed by atoms with Gasteiger partial charge in [-0.15, -0.1) is 0 Å². The van der Waals surface area contributed by atoms with Gasteiger partial charge in [0.05, 0.1) is 11.8 Å². The molecule has 1 aromatic heterocycles. The van der Waals surface area contributed by atoms with Gasteiger partial charge in [0.1, 0.15) is 11.6 Å². The van der Waals surface area contributed by atoms with Crippen molar-refractivity contribution in [2.24, 2.45) is 7.05 Å². The molecular weight excluding hydrogens is 250 g/mol. The zero-order valence-corrected chi connectivity index (χ0v) is 10.8. The van der Waals surface area contributed by atoms with E-state index >= 15 is 0 Å². The lowest BCUT2D eigenvalue weighted by atomic mass is 10.0. The fraction of sp³-hybridized carbons (Fsp3) is 0.286. The number of Topliss-reactive ketones (excluding diaryl/α,β-unsaturated/α-hetero) is 1. The van der Waals surface area contributed by atoms with Crippen molar-refractivity contribution in [3.05, 3.63) is 52.9 Å². The molecule has 0 atom stereocenters. The quantitative estimate of drug-likeness (QED) is 0.796. The molecule has 0 aliphatic carbocycles. The van der Waals surface area contributed by atoms with Crippen molar-refractivity contribution in [3.8, 4) is 0 Å². The van der Waals surface area contributed by atoms with E-state index in [0.717, 1.165) is 11.6 Å². The third-order valence-corrected chi connectivity index (χ3v) is 2.95. The molecule has 0 unspecified atom stereocenters. The summed E-state index contributed by atoms with van der Waals surface area (Å²) in [6, 6.07) is 2.02. The number of aryl methyl sites for hydroxylation is 3. The molecule has 2 rings (SSSR count). The second kappa shape index (κ2) is 5.30. The Bertz CT molecular complexity index is 620. The molecule has 19 heavy (non-hydrogen) atoms. The largest absolute Gasteiger partial charge is 0.294 e. The SMILES string of the molecule is Cc1cc(C(=O)CCc2cnn(C)c2)c(F)cc1F. The van der Waals surface area contributed by atoms with Crippen LogP contribution in [0.4, 0.5) is 8.78 Å². The van der Waals surface area contributed by atoms with Crippen LogP contribution in [-0.2, 0) is 13.5 Å². The van der Waals surface area contributed by atoms with Gasteiger partial charge in [0.15, 0.2) is 5.78 Å². The van der Waals surface area contributed by atoms with Crippen LogP contribution in [0.1, 0.15) is 27.9 Å². The Morgan fingerprint density at radius 3 is 2.68 bits per heavy atom. The lowest BCUT2D eigenvalue weighted by molar-refractivity contribution is 0.0978. The van der Waals surface area contributed by atoms with E-state index < -0.39 is 11.6 Å². The topological polar surface area (TPSA) is 34.9 Å². The molecule has 0 bridgehead atoms. The lowest BCUT2D eigenvalue weighted by Crippen LogP contribution is -2.05. The van der Waals surface area contributed by atoms with E-state index in [1.165, 1.54) is 13.0 Å². The van der Waals surface area contributed by atoms with Crippen molar-refractivity contribution in [2.75, 3.05) is 0 Å². The smallest absolute Gasteiger partial charge is 0.166 e. The number of nitrogens with zero attached hydrogens (tertiary/aromatic N) is 2. The summed E-state index contributed by atoms with van der Waals surface area (Å²) in [4.78, 5) is 11.9. The number of hydrogen-bond acceptors (Lipinski definition) is 2. The second-order valence-electron chi connectivity index (χ2n) is 4.53. The van der Waals surface area contributed by atoms with Gasteiger partial charge in [-0.25, -0.2) is 8.78 Å². The molecular formula is C14H14F2N2O. The Kier molecular flexibility index (Phi) is 3.74. The molecule has 2 aromatic rings. The molecule has 0 aliphatic rings. The first-order valence-electron chi connectivity index (χ1n) is 5.93. The van der Waals surface area contributed by atoms with Gasteiger partial charge in [0.2, 0.25) is 0 Å². The molecule has 0 N–H and O–H groups in total. The van der Waals surface area contributed by atoms with Gasteiger partial charge >= 0.3 is 0 Å². The molecule has 0 radical (unpaired) electrons. The van der Waals surface area contributed by atoms with Crippen molar-refractivity contribution in [2.45, 2.75) is 19.8 Å². The zero-order valence-electron chi connectivity index (χ0n) is 10.8. The number of benzene rings is 1. The Morgan fingerprint density at radius 2 is 2.05 bits per heavy atom. The normalized spacial score (nSPS) is 10.7. The zero-order chi connectivity index (χ0) is 14.0. The Hall–Kier alpha value is -2.04. The van der Waals surface area contributed by atoms with Gasteiger partial charge in [-0.05, 0) is 30.5 Å². The molecule has 1 heterocycles. The Labute approximate surface area is 109 Å². The minimum atomic E-state index is -0.806. The number of ketones is 1. The van der Waals surface area contributed by atoms with E-state index in [2.05, 4.69) is 5.10 Å². The number of aromatic nitrogens is 2. The van der Waals surface area contributed by atoms with Crippen LogP contribution in [0, 0.1) is 18.6 Å². The van der Waals surface area contributed by atoms with Crippen molar-refractivity contribution in [1.29, 1.82) is 0 Å². The maximum Gasteiger partial charge on any atom is 0.166 e. The van der Waals surface area contributed by atoms with Crippen molar-refractivity contribution in [1.82, 2.24) is 9.78 Å². The van der Waals surface area contributed by atoms with Crippen LogP contribution < -0.4 is 0 Å². The van der Waals surface area contributed by atoms with Crippen molar-refractivity contribution < 1.29 is 13.6 Å². The van der Waals surface area contributed by atoms with Gasteiger partial charge in [0.25, 0.3) is 0 Å². The van der Waals surface area contributed by atoms with Crippen molar-refractivity contribution >= 4 is 5.78 Å². The lowest BCUT2D eigenvalue weighted by Gasteiger charge is -2.04. The van der Waals surface area contributed by atoms with Gasteiger partial charge in [-0.3, -0.25) is 9.48 Å². The molecule has 0 spiro atoms. The van der Waals surface area contributed by atoms with E-state index in [-0.39, 0.29) is 23.3 Å². The van der Waals surface area contributed by atoms with E-state index in [4.69, 9.17) is 0 Å². The van der Waals surface area contributed by atoms with Crippen LogP contribution in [-0.4, -0.2) is 15.6 Å². The Morgan fingerprint density at radius 1 is 1.32 bits per heavy atom. The summed E-state index contributed by atoms with van der Waals surface area (Å²) < 4.78 is 28.3. The highest BCUT2D eigenvalue weighted by atomic mass is 19.1. The van der Waals surface area contributed by atoms with Gasteiger partial charge in [-0.2, -0.15) is 5.10 Å². The summed E-state index contributed by atoms with van der Waals surface area (Å²) in [6.45, 7) is 1.51. The maximum absolute atomic E-state index is 13.5. The predicted molar refractivity (Wildman–Crippen MR) is 67.0 cm³/mol. The first kappa shape index (κ1) is 13.4. The first-order valence-corrected chi connectivity index (χ1v) is 5.93. The molecule has 0 fully saturated rings. The van der Waals surface area contributed by atoms with E-state index in [0.29, 0.717) is 6.42 Å². The van der Waals surface area contributed by atoms with Crippen LogP contribution in [0.2, 0.25) is 0 Å². The van der Waals surface area contributed by atoms with Gasteiger partial charge in [-0.1, -0.05) is 0 Å². The van der Waals surface area contributed by atoms with E-state index in [9.17, 15) is 13.6 Å². The average Bonchev–Trinajstić information content (AvgIpc) is 2.77. The average molecular weight is 264 g/mol.